The molecule has 8 nitrogen and oxygen atoms in total. The third-order valence-corrected chi connectivity index (χ3v) is 4.97. The van der Waals surface area contributed by atoms with E-state index in [1.807, 2.05) is 6.07 Å². The van der Waals surface area contributed by atoms with Crippen LogP contribution in [0.4, 0.5) is 11.6 Å². The first-order chi connectivity index (χ1) is 12.4. The van der Waals surface area contributed by atoms with Gasteiger partial charge in [-0.1, -0.05) is 0 Å². The van der Waals surface area contributed by atoms with Crippen LogP contribution in [0.2, 0.25) is 0 Å². The van der Waals surface area contributed by atoms with E-state index in [9.17, 15) is 0 Å². The molecule has 0 aromatic carbocycles. The molecule has 3 aromatic heterocycles. The van der Waals surface area contributed by atoms with Crippen LogP contribution in [0.15, 0.2) is 30.9 Å². The summed E-state index contributed by atoms with van der Waals surface area (Å²) in [5.74, 6) is 1.42. The van der Waals surface area contributed by atoms with Crippen LogP contribution >= 0.6 is 0 Å². The van der Waals surface area contributed by atoms with Crippen molar-refractivity contribution >= 4 is 17.3 Å². The molecule has 4 heterocycles. The maximum atomic E-state index is 4.63. The van der Waals surface area contributed by atoms with Gasteiger partial charge in [0.1, 0.15) is 6.33 Å². The number of aromatic nitrogens is 6. The highest BCUT2D eigenvalue weighted by Gasteiger charge is 2.27. The summed E-state index contributed by atoms with van der Waals surface area (Å²) in [7, 11) is 0. The van der Waals surface area contributed by atoms with E-state index in [4.69, 9.17) is 0 Å². The van der Waals surface area contributed by atoms with Gasteiger partial charge < -0.3 is 10.2 Å². The van der Waals surface area contributed by atoms with Crippen molar-refractivity contribution in [2.45, 2.75) is 37.6 Å². The number of nitrogens with one attached hydrogen (secondary N) is 1. The minimum atomic E-state index is 0.412. The van der Waals surface area contributed by atoms with Gasteiger partial charge in [0.25, 0.3) is 0 Å². The van der Waals surface area contributed by atoms with Gasteiger partial charge in [-0.05, 0) is 37.8 Å². The van der Waals surface area contributed by atoms with E-state index in [1.165, 1.54) is 12.8 Å². The lowest BCUT2D eigenvalue weighted by Gasteiger charge is -2.32. The van der Waals surface area contributed by atoms with Gasteiger partial charge in [0.05, 0.1) is 11.4 Å². The van der Waals surface area contributed by atoms with E-state index < -0.39 is 0 Å². The summed E-state index contributed by atoms with van der Waals surface area (Å²) in [5.41, 5.74) is 2.99. The first-order valence-corrected chi connectivity index (χ1v) is 8.86. The van der Waals surface area contributed by atoms with Crippen LogP contribution in [0.3, 0.4) is 0 Å². The summed E-state index contributed by atoms with van der Waals surface area (Å²) in [4.78, 5) is 10.9. The summed E-state index contributed by atoms with van der Waals surface area (Å²) in [6, 6.07) is 4.42. The molecule has 128 valence electrons. The first-order valence-electron chi connectivity index (χ1n) is 8.86. The Hall–Kier alpha value is -2.77. The van der Waals surface area contributed by atoms with Crippen LogP contribution in [-0.2, 0) is 0 Å². The van der Waals surface area contributed by atoms with Crippen LogP contribution < -0.4 is 10.2 Å². The molecule has 0 spiro atoms. The highest BCUT2D eigenvalue weighted by atomic mass is 15.4. The molecule has 25 heavy (non-hydrogen) atoms. The van der Waals surface area contributed by atoms with Crippen LogP contribution in [0.5, 0.6) is 0 Å². The van der Waals surface area contributed by atoms with Crippen molar-refractivity contribution in [2.24, 2.45) is 0 Å². The zero-order chi connectivity index (χ0) is 16.6. The largest absolute Gasteiger partial charge is 0.379 e. The van der Waals surface area contributed by atoms with Crippen molar-refractivity contribution in [3.63, 3.8) is 0 Å². The van der Waals surface area contributed by atoms with Gasteiger partial charge >= 0.3 is 0 Å². The number of hydrogen-bond acceptors (Lipinski definition) is 7. The summed E-state index contributed by atoms with van der Waals surface area (Å²) >= 11 is 0. The van der Waals surface area contributed by atoms with Gasteiger partial charge in [-0.25, -0.2) is 9.97 Å². The molecule has 0 unspecified atom stereocenters. The maximum Gasteiger partial charge on any atom is 0.225 e. The van der Waals surface area contributed by atoms with Gasteiger partial charge in [-0.15, -0.1) is 10.2 Å². The second-order valence-electron chi connectivity index (χ2n) is 6.81. The Morgan fingerprint density at radius 1 is 1.04 bits per heavy atom. The summed E-state index contributed by atoms with van der Waals surface area (Å²) < 4.78 is 1.79. The molecule has 2 fully saturated rings. The Balaban J connectivity index is 1.31. The van der Waals surface area contributed by atoms with Gasteiger partial charge in [-0.2, -0.15) is 9.61 Å². The fraction of sp³-hybridized carbons (Fsp3) is 0.471. The molecule has 3 aromatic rings. The summed E-state index contributed by atoms with van der Waals surface area (Å²) in [6.07, 6.45) is 9.82. The van der Waals surface area contributed by atoms with Crippen LogP contribution in [0.1, 0.15) is 37.3 Å². The molecule has 1 N–H and O–H groups in total. The molecule has 0 radical (unpaired) electrons. The zero-order valence-electron chi connectivity index (χ0n) is 13.9. The number of rotatable bonds is 4. The molecule has 2 aliphatic rings. The Morgan fingerprint density at radius 2 is 1.84 bits per heavy atom. The lowest BCUT2D eigenvalue weighted by atomic mass is 10.0. The summed E-state index contributed by atoms with van der Waals surface area (Å²) in [6.45, 7) is 1.90. The van der Waals surface area contributed by atoms with E-state index in [-0.39, 0.29) is 0 Å². The molecule has 0 bridgehead atoms. The number of piperidine rings is 1. The summed E-state index contributed by atoms with van der Waals surface area (Å²) in [5, 5.41) is 16.5. The highest BCUT2D eigenvalue weighted by Crippen LogP contribution is 2.40. The maximum absolute atomic E-state index is 4.63. The van der Waals surface area contributed by atoms with Gasteiger partial charge in [0, 0.05) is 37.4 Å². The van der Waals surface area contributed by atoms with Gasteiger partial charge in [-0.3, -0.25) is 0 Å². The topological polar surface area (TPSA) is 84.1 Å². The molecule has 1 saturated carbocycles. The van der Waals surface area contributed by atoms with E-state index in [0.717, 1.165) is 48.9 Å². The normalized spacial score (nSPS) is 18.6. The van der Waals surface area contributed by atoms with Crippen LogP contribution in [-0.4, -0.2) is 48.9 Å². The zero-order valence-corrected chi connectivity index (χ0v) is 13.9. The predicted molar refractivity (Wildman–Crippen MR) is 93.6 cm³/mol. The van der Waals surface area contributed by atoms with Crippen molar-refractivity contribution in [1.82, 2.24) is 29.8 Å². The smallest absolute Gasteiger partial charge is 0.225 e. The molecular formula is C17H20N8. The number of anilines is 2. The lowest BCUT2D eigenvalue weighted by Crippen LogP contribution is -2.40. The number of fused-ring (bicyclic) bond motifs is 1. The van der Waals surface area contributed by atoms with Crippen molar-refractivity contribution in [2.75, 3.05) is 23.3 Å². The van der Waals surface area contributed by atoms with Gasteiger partial charge in [0.15, 0.2) is 0 Å². The Bertz CT molecular complexity index is 865. The highest BCUT2D eigenvalue weighted by molar-refractivity contribution is 5.67. The Labute approximate surface area is 145 Å². The van der Waals surface area contributed by atoms with E-state index in [1.54, 1.807) is 23.2 Å². The second-order valence-corrected chi connectivity index (χ2v) is 6.81. The van der Waals surface area contributed by atoms with E-state index >= 15 is 0 Å². The quantitative estimate of drug-likeness (QED) is 0.778. The van der Waals surface area contributed by atoms with Crippen molar-refractivity contribution in [3.8, 4) is 0 Å². The standard InChI is InChI=1S/C17H20N8/c1-6-18-17(19-7-1)24-8-4-13(5-9-24)21-15-10-14(12-2-3-12)23-25-11-20-22-16(15)25/h1,6-7,10-13,21H,2-5,8-9H2. The van der Waals surface area contributed by atoms with Crippen LogP contribution in [0.25, 0.3) is 5.65 Å². The van der Waals surface area contributed by atoms with Crippen molar-refractivity contribution in [1.29, 1.82) is 0 Å². The fourth-order valence-electron chi connectivity index (χ4n) is 3.43. The molecule has 1 aliphatic heterocycles. The molecular weight excluding hydrogens is 316 g/mol. The molecule has 8 heteroatoms. The van der Waals surface area contributed by atoms with E-state index in [2.05, 4.69) is 41.5 Å². The second kappa shape index (κ2) is 5.94. The minimum absolute atomic E-state index is 0.412. The third kappa shape index (κ3) is 2.88. The third-order valence-electron chi connectivity index (χ3n) is 4.97. The molecule has 1 saturated heterocycles. The first kappa shape index (κ1) is 14.6. The van der Waals surface area contributed by atoms with Crippen molar-refractivity contribution in [3.05, 3.63) is 36.5 Å². The fourth-order valence-corrected chi connectivity index (χ4v) is 3.43. The van der Waals surface area contributed by atoms with Crippen LogP contribution in [0, 0.1) is 0 Å². The predicted octanol–water partition coefficient (Wildman–Crippen LogP) is 1.87. The lowest BCUT2D eigenvalue weighted by molar-refractivity contribution is 0.520. The average molecular weight is 336 g/mol. The molecule has 1 aliphatic carbocycles. The Kier molecular flexibility index (Phi) is 3.46. The molecule has 5 rings (SSSR count). The molecule has 0 amide bonds. The number of hydrogen-bond donors (Lipinski definition) is 1. The van der Waals surface area contributed by atoms with Gasteiger partial charge in [0.2, 0.25) is 11.6 Å². The monoisotopic (exact) mass is 336 g/mol. The SMILES string of the molecule is c1cnc(N2CCC(Nc3cc(C4CC4)nn4cnnc34)CC2)nc1. The Morgan fingerprint density at radius 3 is 2.60 bits per heavy atom. The minimum Gasteiger partial charge on any atom is -0.379 e. The van der Waals surface area contributed by atoms with E-state index in [0.29, 0.717) is 12.0 Å². The van der Waals surface area contributed by atoms with Crippen molar-refractivity contribution < 1.29 is 0 Å². The average Bonchev–Trinajstić information content (AvgIpc) is 3.41. The number of nitrogens with zero attached hydrogens (tertiary/aromatic N) is 7. The molecule has 0 atom stereocenters.